The number of amides is 2. The van der Waals surface area contributed by atoms with Crippen molar-refractivity contribution in [1.29, 1.82) is 0 Å². The minimum absolute atomic E-state index is 0.0731. The van der Waals surface area contributed by atoms with E-state index in [1.54, 1.807) is 17.0 Å². The summed E-state index contributed by atoms with van der Waals surface area (Å²) < 4.78 is 2.19. The number of carbonyl (C=O) groups is 2. The molecule has 4 rings (SSSR count). The second-order valence-corrected chi connectivity index (χ2v) is 7.80. The molecule has 7 nitrogen and oxygen atoms in total. The summed E-state index contributed by atoms with van der Waals surface area (Å²) in [6.45, 7) is 1.80. The number of fused-ring (bicyclic) bond motifs is 1. The molecule has 0 aliphatic carbocycles. The number of carbonyl (C=O) groups excluding carboxylic acids is 2. The van der Waals surface area contributed by atoms with Crippen molar-refractivity contribution < 1.29 is 9.59 Å². The van der Waals surface area contributed by atoms with Crippen LogP contribution in [0, 0.1) is 5.92 Å². The van der Waals surface area contributed by atoms with Gasteiger partial charge in [-0.25, -0.2) is 0 Å². The number of hydrogen-bond acceptors (Lipinski definition) is 4. The van der Waals surface area contributed by atoms with Crippen LogP contribution in [0.1, 0.15) is 37.3 Å². The van der Waals surface area contributed by atoms with Crippen LogP contribution in [-0.2, 0) is 29.0 Å². The number of halogens is 1. The van der Waals surface area contributed by atoms with Gasteiger partial charge in [0.15, 0.2) is 0 Å². The molecule has 1 fully saturated rings. The first kappa shape index (κ1) is 18.9. The Morgan fingerprint density at radius 1 is 1.21 bits per heavy atom. The molecule has 2 aromatic rings. The van der Waals surface area contributed by atoms with E-state index in [1.165, 1.54) is 6.42 Å². The topological polar surface area (TPSA) is 80.1 Å². The summed E-state index contributed by atoms with van der Waals surface area (Å²) in [5, 5.41) is 12.1. The van der Waals surface area contributed by atoms with Crippen LogP contribution in [0.15, 0.2) is 24.3 Å². The van der Waals surface area contributed by atoms with Gasteiger partial charge in [-0.3, -0.25) is 9.59 Å². The molecule has 0 saturated carbocycles. The average molecular weight is 402 g/mol. The number of benzene rings is 1. The fourth-order valence-electron chi connectivity index (χ4n) is 3.96. The number of aromatic nitrogens is 3. The Hall–Kier alpha value is -2.41. The zero-order valence-corrected chi connectivity index (χ0v) is 16.5. The Labute approximate surface area is 169 Å². The van der Waals surface area contributed by atoms with Crippen molar-refractivity contribution in [1.82, 2.24) is 20.1 Å². The van der Waals surface area contributed by atoms with Gasteiger partial charge in [0.1, 0.15) is 11.6 Å². The maximum absolute atomic E-state index is 12.6. The molecule has 2 aliphatic rings. The molecule has 1 atom stereocenters. The average Bonchev–Trinajstić information content (AvgIpc) is 3.17. The number of para-hydroxylation sites is 1. The van der Waals surface area contributed by atoms with E-state index in [0.717, 1.165) is 37.5 Å². The minimum Gasteiger partial charge on any atom is -0.355 e. The van der Waals surface area contributed by atoms with Crippen molar-refractivity contribution in [3.63, 3.8) is 0 Å². The van der Waals surface area contributed by atoms with Gasteiger partial charge in [-0.15, -0.1) is 10.2 Å². The molecule has 1 N–H and O–H groups in total. The third-order valence-corrected chi connectivity index (χ3v) is 5.79. The van der Waals surface area contributed by atoms with E-state index in [0.29, 0.717) is 30.2 Å². The van der Waals surface area contributed by atoms with Crippen LogP contribution in [0.25, 0.3) is 0 Å². The SMILES string of the molecule is O=C(NCCc1nnc2n1CCCCC2)C1CC(=O)N(c2ccccc2Cl)C1. The summed E-state index contributed by atoms with van der Waals surface area (Å²) in [6, 6.07) is 7.21. The Balaban J connectivity index is 1.32. The predicted molar refractivity (Wildman–Crippen MR) is 106 cm³/mol. The molecule has 8 heteroatoms. The van der Waals surface area contributed by atoms with Gasteiger partial charge in [0.05, 0.1) is 16.6 Å². The summed E-state index contributed by atoms with van der Waals surface area (Å²) >= 11 is 6.20. The molecule has 2 amide bonds. The number of nitrogens with zero attached hydrogens (tertiary/aromatic N) is 4. The van der Waals surface area contributed by atoms with Crippen LogP contribution in [-0.4, -0.2) is 39.7 Å². The van der Waals surface area contributed by atoms with Crippen molar-refractivity contribution >= 4 is 29.1 Å². The van der Waals surface area contributed by atoms with Crippen LogP contribution < -0.4 is 10.2 Å². The smallest absolute Gasteiger partial charge is 0.227 e. The predicted octanol–water partition coefficient (Wildman–Crippen LogP) is 2.37. The van der Waals surface area contributed by atoms with Crippen LogP contribution in [0.2, 0.25) is 5.02 Å². The summed E-state index contributed by atoms with van der Waals surface area (Å²) in [7, 11) is 0. The first-order valence-corrected chi connectivity index (χ1v) is 10.2. The van der Waals surface area contributed by atoms with Crippen molar-refractivity contribution in [2.75, 3.05) is 18.0 Å². The first-order valence-electron chi connectivity index (χ1n) is 9.87. The zero-order chi connectivity index (χ0) is 19.5. The Morgan fingerprint density at radius 2 is 2.07 bits per heavy atom. The van der Waals surface area contributed by atoms with Crippen LogP contribution in [0.4, 0.5) is 5.69 Å². The fourth-order valence-corrected chi connectivity index (χ4v) is 4.20. The lowest BCUT2D eigenvalue weighted by Crippen LogP contribution is -2.34. The Kier molecular flexibility index (Phi) is 5.62. The van der Waals surface area contributed by atoms with Crippen LogP contribution in [0.5, 0.6) is 0 Å². The lowest BCUT2D eigenvalue weighted by atomic mass is 10.1. The van der Waals surface area contributed by atoms with Crippen LogP contribution in [0.3, 0.4) is 0 Å². The molecule has 1 unspecified atom stereocenters. The van der Waals surface area contributed by atoms with Crippen LogP contribution >= 0.6 is 11.6 Å². The lowest BCUT2D eigenvalue weighted by molar-refractivity contribution is -0.126. The van der Waals surface area contributed by atoms with E-state index in [9.17, 15) is 9.59 Å². The molecule has 1 saturated heterocycles. The van der Waals surface area contributed by atoms with Crippen molar-refractivity contribution in [3.05, 3.63) is 40.9 Å². The highest BCUT2D eigenvalue weighted by molar-refractivity contribution is 6.33. The third kappa shape index (κ3) is 3.90. The highest BCUT2D eigenvalue weighted by atomic mass is 35.5. The molecule has 0 radical (unpaired) electrons. The number of anilines is 1. The standard InChI is InChI=1S/C20H24ClN5O2/c21-15-6-3-4-7-16(15)26-13-14(12-19(26)27)20(28)22-10-9-18-24-23-17-8-2-1-5-11-25(17)18/h3-4,6-7,14H,1-2,5,8-13H2,(H,22,28). The molecule has 148 valence electrons. The second kappa shape index (κ2) is 8.31. The van der Waals surface area contributed by atoms with Gasteiger partial charge < -0.3 is 14.8 Å². The molecule has 3 heterocycles. The summed E-state index contributed by atoms with van der Waals surface area (Å²) in [5.41, 5.74) is 0.663. The van der Waals surface area contributed by atoms with E-state index >= 15 is 0 Å². The van der Waals surface area contributed by atoms with Crippen molar-refractivity contribution in [2.24, 2.45) is 5.92 Å². The van der Waals surface area contributed by atoms with Gasteiger partial charge in [-0.05, 0) is 25.0 Å². The largest absolute Gasteiger partial charge is 0.355 e. The van der Waals surface area contributed by atoms with Gasteiger partial charge in [0.25, 0.3) is 0 Å². The van der Waals surface area contributed by atoms with Crippen molar-refractivity contribution in [2.45, 2.75) is 45.1 Å². The summed E-state index contributed by atoms with van der Waals surface area (Å²) in [5.74, 6) is 1.45. The van der Waals surface area contributed by atoms with Crippen molar-refractivity contribution in [3.8, 4) is 0 Å². The summed E-state index contributed by atoms with van der Waals surface area (Å²) in [4.78, 5) is 26.5. The van der Waals surface area contributed by atoms with Gasteiger partial charge in [0.2, 0.25) is 11.8 Å². The number of hydrogen-bond donors (Lipinski definition) is 1. The summed E-state index contributed by atoms with van der Waals surface area (Å²) in [6.07, 6.45) is 5.35. The highest BCUT2D eigenvalue weighted by Gasteiger charge is 2.35. The highest BCUT2D eigenvalue weighted by Crippen LogP contribution is 2.31. The quantitative estimate of drug-likeness (QED) is 0.834. The fraction of sp³-hybridized carbons (Fsp3) is 0.500. The second-order valence-electron chi connectivity index (χ2n) is 7.39. The molecular weight excluding hydrogens is 378 g/mol. The molecule has 0 bridgehead atoms. The van der Waals surface area contributed by atoms with E-state index in [1.807, 2.05) is 12.1 Å². The molecule has 28 heavy (non-hydrogen) atoms. The Morgan fingerprint density at radius 3 is 2.93 bits per heavy atom. The number of aryl methyl sites for hydroxylation is 1. The Bertz CT molecular complexity index is 881. The van der Waals surface area contributed by atoms with E-state index in [-0.39, 0.29) is 24.2 Å². The monoisotopic (exact) mass is 401 g/mol. The number of rotatable bonds is 5. The van der Waals surface area contributed by atoms with E-state index in [4.69, 9.17) is 11.6 Å². The molecular formula is C20H24ClN5O2. The third-order valence-electron chi connectivity index (χ3n) is 5.47. The van der Waals surface area contributed by atoms with Gasteiger partial charge in [-0.1, -0.05) is 30.2 Å². The minimum atomic E-state index is -0.362. The first-order chi connectivity index (χ1) is 13.6. The molecule has 0 spiro atoms. The van der Waals surface area contributed by atoms with E-state index in [2.05, 4.69) is 20.1 Å². The lowest BCUT2D eigenvalue weighted by Gasteiger charge is -2.18. The van der Waals surface area contributed by atoms with E-state index < -0.39 is 0 Å². The molecule has 1 aromatic heterocycles. The molecule has 1 aromatic carbocycles. The normalized spacial score (nSPS) is 19.4. The van der Waals surface area contributed by atoms with Gasteiger partial charge in [-0.2, -0.15) is 0 Å². The molecule has 2 aliphatic heterocycles. The maximum Gasteiger partial charge on any atom is 0.227 e. The number of nitrogens with one attached hydrogen (secondary N) is 1. The van der Waals surface area contributed by atoms with Gasteiger partial charge in [0, 0.05) is 38.9 Å². The zero-order valence-electron chi connectivity index (χ0n) is 15.7. The maximum atomic E-state index is 12.6. The van der Waals surface area contributed by atoms with Gasteiger partial charge >= 0.3 is 0 Å².